The lowest BCUT2D eigenvalue weighted by molar-refractivity contribution is 0.528. The van der Waals surface area contributed by atoms with Crippen LogP contribution < -0.4 is 4.72 Å². The number of rotatable bonds is 4. The standard InChI is InChI=1S/C15H12BrF2NO2S/c16-11-3-1-10(2-4-11)15(7-8-15)19-22(20,21)14-6-5-12(17)9-13(14)18/h1-6,9,19H,7-8H2. The van der Waals surface area contributed by atoms with E-state index in [2.05, 4.69) is 20.7 Å². The van der Waals surface area contributed by atoms with Crippen LogP contribution in [0.4, 0.5) is 8.78 Å². The summed E-state index contributed by atoms with van der Waals surface area (Å²) >= 11 is 3.32. The highest BCUT2D eigenvalue weighted by atomic mass is 79.9. The van der Waals surface area contributed by atoms with Gasteiger partial charge >= 0.3 is 0 Å². The van der Waals surface area contributed by atoms with Crippen LogP contribution in [0.15, 0.2) is 51.8 Å². The van der Waals surface area contributed by atoms with E-state index in [4.69, 9.17) is 0 Å². The average Bonchev–Trinajstić information content (AvgIpc) is 3.19. The van der Waals surface area contributed by atoms with Crippen molar-refractivity contribution in [3.05, 3.63) is 64.1 Å². The van der Waals surface area contributed by atoms with Crippen LogP contribution in [0.1, 0.15) is 18.4 Å². The van der Waals surface area contributed by atoms with Gasteiger partial charge in [-0.3, -0.25) is 0 Å². The minimum Gasteiger partial charge on any atom is -0.207 e. The van der Waals surface area contributed by atoms with Crippen molar-refractivity contribution in [1.29, 1.82) is 0 Å². The maximum atomic E-state index is 13.7. The first kappa shape index (κ1) is 15.6. The minimum absolute atomic E-state index is 0.544. The number of nitrogens with one attached hydrogen (secondary N) is 1. The summed E-state index contributed by atoms with van der Waals surface area (Å²) in [6.45, 7) is 0. The Hall–Kier alpha value is -1.31. The molecule has 0 saturated heterocycles. The third kappa shape index (κ3) is 2.93. The van der Waals surface area contributed by atoms with Gasteiger partial charge in [-0.1, -0.05) is 28.1 Å². The van der Waals surface area contributed by atoms with Crippen molar-refractivity contribution in [1.82, 2.24) is 4.72 Å². The molecule has 2 aromatic carbocycles. The predicted molar refractivity (Wildman–Crippen MR) is 81.7 cm³/mol. The Kier molecular flexibility index (Phi) is 3.82. The van der Waals surface area contributed by atoms with Crippen molar-refractivity contribution in [2.45, 2.75) is 23.3 Å². The lowest BCUT2D eigenvalue weighted by Gasteiger charge is -2.18. The van der Waals surface area contributed by atoms with E-state index in [0.29, 0.717) is 18.9 Å². The van der Waals surface area contributed by atoms with E-state index < -0.39 is 32.1 Å². The Morgan fingerprint density at radius 3 is 2.23 bits per heavy atom. The van der Waals surface area contributed by atoms with E-state index in [1.54, 1.807) is 0 Å². The Balaban J connectivity index is 1.93. The van der Waals surface area contributed by atoms with E-state index in [-0.39, 0.29) is 0 Å². The molecule has 3 rings (SSSR count). The lowest BCUT2D eigenvalue weighted by Crippen LogP contribution is -2.35. The van der Waals surface area contributed by atoms with E-state index in [0.717, 1.165) is 22.2 Å². The first-order valence-electron chi connectivity index (χ1n) is 6.58. The Morgan fingerprint density at radius 1 is 1.05 bits per heavy atom. The molecule has 0 unspecified atom stereocenters. The summed E-state index contributed by atoms with van der Waals surface area (Å²) in [6.07, 6.45) is 1.27. The first-order valence-corrected chi connectivity index (χ1v) is 8.85. The molecular weight excluding hydrogens is 376 g/mol. The van der Waals surface area contributed by atoms with E-state index >= 15 is 0 Å². The summed E-state index contributed by atoms with van der Waals surface area (Å²) in [5.41, 5.74) is 0.113. The lowest BCUT2D eigenvalue weighted by atomic mass is 10.1. The molecule has 7 heteroatoms. The molecule has 0 aliphatic heterocycles. The summed E-state index contributed by atoms with van der Waals surface area (Å²) in [5, 5.41) is 0. The minimum atomic E-state index is -4.06. The monoisotopic (exact) mass is 387 g/mol. The van der Waals surface area contributed by atoms with Crippen LogP contribution in [0.25, 0.3) is 0 Å². The van der Waals surface area contributed by atoms with Gasteiger partial charge in [-0.05, 0) is 42.7 Å². The van der Waals surface area contributed by atoms with Gasteiger partial charge in [-0.15, -0.1) is 0 Å². The van der Waals surface area contributed by atoms with Crippen LogP contribution in [0, 0.1) is 11.6 Å². The average molecular weight is 388 g/mol. The molecule has 116 valence electrons. The highest BCUT2D eigenvalue weighted by molar-refractivity contribution is 9.10. The van der Waals surface area contributed by atoms with Crippen molar-refractivity contribution < 1.29 is 17.2 Å². The first-order chi connectivity index (χ1) is 10.3. The van der Waals surface area contributed by atoms with Gasteiger partial charge in [0.25, 0.3) is 0 Å². The zero-order valence-electron chi connectivity index (χ0n) is 11.3. The molecule has 1 aliphatic rings. The third-order valence-corrected chi connectivity index (χ3v) is 5.76. The molecule has 1 saturated carbocycles. The van der Waals surface area contributed by atoms with Crippen LogP contribution in [-0.2, 0) is 15.6 Å². The maximum absolute atomic E-state index is 13.7. The van der Waals surface area contributed by atoms with Gasteiger partial charge in [0.1, 0.15) is 16.5 Å². The van der Waals surface area contributed by atoms with Gasteiger partial charge in [-0.2, -0.15) is 0 Å². The summed E-state index contributed by atoms with van der Waals surface area (Å²) in [6, 6.07) is 9.71. The summed E-state index contributed by atoms with van der Waals surface area (Å²) in [4.78, 5) is -0.544. The quantitative estimate of drug-likeness (QED) is 0.869. The highest BCUT2D eigenvalue weighted by Gasteiger charge is 2.47. The molecule has 0 radical (unpaired) electrons. The van der Waals surface area contributed by atoms with Crippen LogP contribution >= 0.6 is 15.9 Å². The zero-order chi connectivity index (χ0) is 16.0. The SMILES string of the molecule is O=S(=O)(NC1(c2ccc(Br)cc2)CC1)c1ccc(F)cc1F. The maximum Gasteiger partial charge on any atom is 0.244 e. The second-order valence-electron chi connectivity index (χ2n) is 5.27. The van der Waals surface area contributed by atoms with Crippen molar-refractivity contribution in [3.8, 4) is 0 Å². The van der Waals surface area contributed by atoms with Crippen molar-refractivity contribution in [2.75, 3.05) is 0 Å². The second-order valence-corrected chi connectivity index (χ2v) is 7.84. The number of hydrogen-bond acceptors (Lipinski definition) is 2. The number of halogens is 3. The molecule has 1 fully saturated rings. The summed E-state index contributed by atoms with van der Waals surface area (Å²) < 4.78 is 54.9. The van der Waals surface area contributed by atoms with Crippen molar-refractivity contribution in [3.63, 3.8) is 0 Å². The summed E-state index contributed by atoms with van der Waals surface area (Å²) in [7, 11) is -4.06. The number of benzene rings is 2. The summed E-state index contributed by atoms with van der Waals surface area (Å²) in [5.74, 6) is -1.91. The Labute approximate surface area is 135 Å². The zero-order valence-corrected chi connectivity index (χ0v) is 13.7. The molecule has 0 amide bonds. The largest absolute Gasteiger partial charge is 0.244 e. The van der Waals surface area contributed by atoms with Gasteiger partial charge in [0.15, 0.2) is 0 Å². The number of hydrogen-bond donors (Lipinski definition) is 1. The molecule has 0 atom stereocenters. The molecular formula is C15H12BrF2NO2S. The Bertz CT molecular complexity index is 818. The van der Waals surface area contributed by atoms with Crippen LogP contribution in [0.3, 0.4) is 0 Å². The van der Waals surface area contributed by atoms with Gasteiger partial charge < -0.3 is 0 Å². The second kappa shape index (κ2) is 5.40. The fraction of sp³-hybridized carbons (Fsp3) is 0.200. The topological polar surface area (TPSA) is 46.2 Å². The van der Waals surface area contributed by atoms with Crippen LogP contribution in [0.2, 0.25) is 0 Å². The van der Waals surface area contributed by atoms with E-state index in [1.165, 1.54) is 0 Å². The Morgan fingerprint density at radius 2 is 1.68 bits per heavy atom. The van der Waals surface area contributed by atoms with Crippen LogP contribution in [0.5, 0.6) is 0 Å². The predicted octanol–water partition coefficient (Wildman–Crippen LogP) is 3.69. The molecule has 1 aliphatic carbocycles. The highest BCUT2D eigenvalue weighted by Crippen LogP contribution is 2.46. The van der Waals surface area contributed by atoms with Gasteiger partial charge in [0.05, 0.1) is 5.54 Å². The molecule has 3 nitrogen and oxygen atoms in total. The molecule has 0 aromatic heterocycles. The molecule has 0 heterocycles. The fourth-order valence-electron chi connectivity index (χ4n) is 2.35. The van der Waals surface area contributed by atoms with E-state index in [9.17, 15) is 17.2 Å². The fourth-order valence-corrected chi connectivity index (χ4v) is 4.12. The third-order valence-electron chi connectivity index (χ3n) is 3.66. The van der Waals surface area contributed by atoms with Crippen molar-refractivity contribution >= 4 is 26.0 Å². The van der Waals surface area contributed by atoms with E-state index in [1.807, 2.05) is 24.3 Å². The van der Waals surface area contributed by atoms with Gasteiger partial charge in [-0.25, -0.2) is 21.9 Å². The van der Waals surface area contributed by atoms with Gasteiger partial charge in [0, 0.05) is 10.5 Å². The molecule has 22 heavy (non-hydrogen) atoms. The van der Waals surface area contributed by atoms with Crippen LogP contribution in [-0.4, -0.2) is 8.42 Å². The number of sulfonamides is 1. The molecule has 1 N–H and O–H groups in total. The molecule has 0 spiro atoms. The van der Waals surface area contributed by atoms with Crippen molar-refractivity contribution in [2.24, 2.45) is 0 Å². The smallest absolute Gasteiger partial charge is 0.207 e. The normalized spacial score (nSPS) is 16.5. The molecule has 2 aromatic rings. The van der Waals surface area contributed by atoms with Gasteiger partial charge in [0.2, 0.25) is 10.0 Å². The molecule has 0 bridgehead atoms.